The predicted octanol–water partition coefficient (Wildman–Crippen LogP) is 8.40. The van der Waals surface area contributed by atoms with Crippen LogP contribution in [0.5, 0.6) is 11.8 Å². The fourth-order valence-electron chi connectivity index (χ4n) is 9.61. The second-order valence-corrected chi connectivity index (χ2v) is 16.1. The van der Waals surface area contributed by atoms with Crippen LogP contribution in [0.3, 0.4) is 0 Å². The highest BCUT2D eigenvalue weighted by Crippen LogP contribution is 2.50. The first kappa shape index (κ1) is 40.2. The van der Waals surface area contributed by atoms with Gasteiger partial charge >= 0.3 is 12.4 Å². The van der Waals surface area contributed by atoms with Crippen LogP contribution in [0, 0.1) is 6.92 Å². The van der Waals surface area contributed by atoms with Crippen LogP contribution >= 0.6 is 0 Å². The van der Waals surface area contributed by atoms with Crippen LogP contribution in [-0.4, -0.2) is 64.8 Å². The lowest BCUT2D eigenvalue weighted by Gasteiger charge is -2.24. The van der Waals surface area contributed by atoms with Gasteiger partial charge in [0.25, 0.3) is 0 Å². The largest absolute Gasteiger partial charge is 0.480 e. The minimum absolute atomic E-state index is 0.0545. The average Bonchev–Trinajstić information content (AvgIpc) is 4.05. The van der Waals surface area contributed by atoms with Crippen LogP contribution in [0.25, 0.3) is 33.4 Å². The first-order chi connectivity index (χ1) is 28.7. The highest BCUT2D eigenvalue weighted by molar-refractivity contribution is 5.90. The lowest BCUT2D eigenvalue weighted by atomic mass is 9.91. The van der Waals surface area contributed by atoms with Crippen LogP contribution in [-0.2, 0) is 36.5 Å². The summed E-state index contributed by atoms with van der Waals surface area (Å²) in [4.78, 5) is 21.7. The third-order valence-corrected chi connectivity index (χ3v) is 12.4. The predicted molar refractivity (Wildman–Crippen MR) is 208 cm³/mol. The number of nitrogens with one attached hydrogen (secondary N) is 2. The topological polar surface area (TPSA) is 122 Å². The minimum atomic E-state index is -4.89. The molecule has 316 valence electrons. The smallest absolute Gasteiger partial charge is 0.438 e. The molecule has 0 unspecified atom stereocenters. The standard InChI is InChI=1S/C44H43F6N5O5/c1-22-26(5-3-6-27(22)36-18-23-17-32-31(38(39(23)59-36)43(45,46)47)10-12-34(32)55-16-15-25(56)21-55)28-7-4-8-30-29(28)11-13-35(30)60-42-40(44(48,49)50)53-33(41(54-42)58-2)20-51-19-24-9-14-37(57)52-24/h3-8,17-18,24-25,34-35,51,56H,9-16,19-21H2,1-2H3,(H,52,57)/t24-,25-,34-,35+/m1/s1. The Kier molecular flexibility index (Phi) is 10.3. The van der Waals surface area contributed by atoms with Crippen molar-refractivity contribution in [3.8, 4) is 34.2 Å². The molecular weight excluding hydrogens is 793 g/mol. The van der Waals surface area contributed by atoms with Gasteiger partial charge in [0.2, 0.25) is 23.4 Å². The average molecular weight is 836 g/mol. The second-order valence-electron chi connectivity index (χ2n) is 16.1. The molecule has 5 aromatic rings. The number of methoxy groups -OCH3 is 1. The molecule has 4 aliphatic rings. The maximum Gasteiger partial charge on any atom is 0.438 e. The molecule has 3 aromatic carbocycles. The summed E-state index contributed by atoms with van der Waals surface area (Å²) in [5.41, 5.74) is 3.13. The van der Waals surface area contributed by atoms with E-state index < -0.39 is 41.7 Å². The van der Waals surface area contributed by atoms with Crippen LogP contribution in [0.4, 0.5) is 26.3 Å². The summed E-state index contributed by atoms with van der Waals surface area (Å²) in [7, 11) is 1.29. The van der Waals surface area contributed by atoms with Gasteiger partial charge in [0.1, 0.15) is 28.7 Å². The zero-order valence-electron chi connectivity index (χ0n) is 32.9. The van der Waals surface area contributed by atoms with Crippen molar-refractivity contribution >= 4 is 16.9 Å². The van der Waals surface area contributed by atoms with Gasteiger partial charge in [-0.25, -0.2) is 4.98 Å². The van der Waals surface area contributed by atoms with Crippen molar-refractivity contribution in [3.63, 3.8) is 0 Å². The molecule has 0 radical (unpaired) electrons. The number of aromatic nitrogens is 2. The second kappa shape index (κ2) is 15.4. The summed E-state index contributed by atoms with van der Waals surface area (Å²) in [6.45, 7) is 3.18. The number of furan rings is 1. The highest BCUT2D eigenvalue weighted by atomic mass is 19.4. The number of carbonyl (C=O) groups excluding carboxylic acids is 1. The third kappa shape index (κ3) is 7.36. The number of halogens is 6. The SMILES string of the molecule is COc1nc(O[C@H]2CCc3c(-c4cccc(-c5cc6cc7c(c(C(F)(F)F)c6o5)CC[C@H]7N5CC[C@@H](O)C5)c4C)cccc32)c(C(F)(F)F)nc1CNC[C@H]1CCC(=O)N1. The fourth-order valence-corrected chi connectivity index (χ4v) is 9.61. The quantitative estimate of drug-likeness (QED) is 0.119. The number of benzene rings is 3. The molecule has 1 amide bonds. The van der Waals surface area contributed by atoms with Gasteiger partial charge in [-0.3, -0.25) is 9.69 Å². The lowest BCUT2D eigenvalue weighted by molar-refractivity contribution is -0.143. The zero-order chi connectivity index (χ0) is 42.1. The number of aliphatic hydroxyl groups is 1. The fraction of sp³-hybridized carbons (Fsp3) is 0.432. The Morgan fingerprint density at radius 1 is 0.900 bits per heavy atom. The Bertz CT molecular complexity index is 2480. The number of alkyl halides is 6. The Balaban J connectivity index is 1.02. The molecule has 0 bridgehead atoms. The number of nitrogens with zero attached hydrogens (tertiary/aromatic N) is 3. The molecule has 16 heteroatoms. The number of carbonyl (C=O) groups is 1. The summed E-state index contributed by atoms with van der Waals surface area (Å²) in [5.74, 6) is -0.609. The van der Waals surface area contributed by atoms with Gasteiger partial charge in [-0.2, -0.15) is 31.3 Å². The van der Waals surface area contributed by atoms with Gasteiger partial charge in [-0.05, 0) is 96.5 Å². The Hall–Kier alpha value is -5.19. The third-order valence-electron chi connectivity index (χ3n) is 12.4. The number of ether oxygens (including phenoxy) is 2. The molecular formula is C44H43F6N5O5. The molecule has 60 heavy (non-hydrogen) atoms. The Morgan fingerprint density at radius 2 is 1.67 bits per heavy atom. The van der Waals surface area contributed by atoms with E-state index in [4.69, 9.17) is 13.9 Å². The van der Waals surface area contributed by atoms with Crippen LogP contribution in [0.1, 0.15) is 89.0 Å². The number of amides is 1. The molecule has 3 N–H and O–H groups in total. The first-order valence-electron chi connectivity index (χ1n) is 20.2. The Morgan fingerprint density at radius 3 is 2.38 bits per heavy atom. The van der Waals surface area contributed by atoms with E-state index in [1.54, 1.807) is 24.3 Å². The zero-order valence-corrected chi connectivity index (χ0v) is 32.9. The van der Waals surface area contributed by atoms with Gasteiger partial charge in [0.15, 0.2) is 0 Å². The van der Waals surface area contributed by atoms with Crippen molar-refractivity contribution in [2.75, 3.05) is 26.7 Å². The van der Waals surface area contributed by atoms with E-state index in [2.05, 4.69) is 25.5 Å². The molecule has 2 aromatic heterocycles. The molecule has 2 fully saturated rings. The van der Waals surface area contributed by atoms with E-state index in [0.717, 1.165) is 22.3 Å². The van der Waals surface area contributed by atoms with Gasteiger partial charge in [0, 0.05) is 55.6 Å². The molecule has 2 aliphatic heterocycles. The normalized spacial score (nSPS) is 21.8. The molecule has 2 aliphatic carbocycles. The summed E-state index contributed by atoms with van der Waals surface area (Å²) in [6, 6.07) is 14.2. The number of likely N-dealkylation sites (tertiary alicyclic amines) is 1. The molecule has 2 saturated heterocycles. The van der Waals surface area contributed by atoms with Crippen molar-refractivity contribution in [2.45, 2.75) is 95.1 Å². The minimum Gasteiger partial charge on any atom is -0.480 e. The van der Waals surface area contributed by atoms with Crippen LogP contribution in [0.2, 0.25) is 0 Å². The summed E-state index contributed by atoms with van der Waals surface area (Å²) >= 11 is 0. The number of hydrogen-bond acceptors (Lipinski definition) is 9. The number of rotatable bonds is 10. The molecule has 4 heterocycles. The Labute approximate surface area is 341 Å². The van der Waals surface area contributed by atoms with Gasteiger partial charge < -0.3 is 29.6 Å². The van der Waals surface area contributed by atoms with Crippen LogP contribution < -0.4 is 20.1 Å². The van der Waals surface area contributed by atoms with Gasteiger partial charge in [-0.15, -0.1) is 0 Å². The molecule has 4 atom stereocenters. The summed E-state index contributed by atoms with van der Waals surface area (Å²) in [6.07, 6.45) is -7.59. The summed E-state index contributed by atoms with van der Waals surface area (Å²) < 4.78 is 106. The van der Waals surface area contributed by atoms with Crippen LogP contribution in [0.15, 0.2) is 52.9 Å². The monoisotopic (exact) mass is 835 g/mol. The van der Waals surface area contributed by atoms with Crippen molar-refractivity contribution in [2.24, 2.45) is 0 Å². The number of hydrogen-bond donors (Lipinski definition) is 3. The van der Waals surface area contributed by atoms with E-state index in [1.165, 1.54) is 7.11 Å². The van der Waals surface area contributed by atoms with E-state index in [0.29, 0.717) is 80.2 Å². The molecule has 10 nitrogen and oxygen atoms in total. The van der Waals surface area contributed by atoms with Crippen molar-refractivity contribution in [1.29, 1.82) is 0 Å². The molecule has 0 spiro atoms. The lowest BCUT2D eigenvalue weighted by Crippen LogP contribution is -2.35. The van der Waals surface area contributed by atoms with E-state index in [9.17, 15) is 36.2 Å². The molecule has 0 saturated carbocycles. The van der Waals surface area contributed by atoms with Crippen molar-refractivity contribution < 1.29 is 50.1 Å². The van der Waals surface area contributed by atoms with Gasteiger partial charge in [-0.1, -0.05) is 36.4 Å². The molecule has 9 rings (SSSR count). The van der Waals surface area contributed by atoms with E-state index in [-0.39, 0.29) is 59.4 Å². The maximum atomic E-state index is 14.8. The maximum absolute atomic E-state index is 14.8. The highest BCUT2D eigenvalue weighted by Gasteiger charge is 2.44. The number of β-amino-alcohol motifs (C(OH)–C–C–N with tert-alkyl or cyclic N) is 1. The first-order valence-corrected chi connectivity index (χ1v) is 20.2. The van der Waals surface area contributed by atoms with Gasteiger partial charge in [0.05, 0.1) is 13.2 Å². The van der Waals surface area contributed by atoms with E-state index in [1.807, 2.05) is 31.2 Å². The van der Waals surface area contributed by atoms with Crippen molar-refractivity contribution in [3.05, 3.63) is 93.3 Å². The summed E-state index contributed by atoms with van der Waals surface area (Å²) in [5, 5.41) is 16.4. The van der Waals surface area contributed by atoms with E-state index >= 15 is 0 Å². The van der Waals surface area contributed by atoms with Crippen molar-refractivity contribution in [1.82, 2.24) is 25.5 Å². The number of fused-ring (bicyclic) bond motifs is 3. The number of aliphatic hydroxyl groups excluding tert-OH is 1.